The Morgan fingerprint density at radius 1 is 1.46 bits per heavy atom. The topological polar surface area (TPSA) is 50.7 Å². The second-order valence-electron chi connectivity index (χ2n) is 2.82. The van der Waals surface area contributed by atoms with Gasteiger partial charge >= 0.3 is 0 Å². The standard InChI is InChI=1S/C9H21NO3/c1-3-13-7-5-10-9(4-6-11)8-12-2/h9-11H,3-8H2,1-2H3. The molecule has 0 bridgehead atoms. The minimum absolute atomic E-state index is 0.190. The fourth-order valence-electron chi connectivity index (χ4n) is 1.08. The number of nitrogens with one attached hydrogen (secondary N) is 1. The largest absolute Gasteiger partial charge is 0.396 e. The molecule has 0 aliphatic rings. The lowest BCUT2D eigenvalue weighted by Crippen LogP contribution is -2.36. The third kappa shape index (κ3) is 8.18. The number of hydrogen-bond donors (Lipinski definition) is 2. The van der Waals surface area contributed by atoms with Crippen LogP contribution >= 0.6 is 0 Å². The van der Waals surface area contributed by atoms with Gasteiger partial charge in [0.05, 0.1) is 13.2 Å². The lowest BCUT2D eigenvalue weighted by atomic mass is 10.2. The van der Waals surface area contributed by atoms with Gasteiger partial charge < -0.3 is 19.9 Å². The first-order chi connectivity index (χ1) is 6.35. The van der Waals surface area contributed by atoms with Gasteiger partial charge in [-0.1, -0.05) is 0 Å². The molecule has 0 saturated heterocycles. The molecular weight excluding hydrogens is 170 g/mol. The van der Waals surface area contributed by atoms with Crippen LogP contribution in [0.4, 0.5) is 0 Å². The van der Waals surface area contributed by atoms with Crippen LogP contribution in [-0.2, 0) is 9.47 Å². The molecule has 0 aromatic rings. The van der Waals surface area contributed by atoms with Crippen molar-refractivity contribution < 1.29 is 14.6 Å². The second-order valence-corrected chi connectivity index (χ2v) is 2.82. The Kier molecular flexibility index (Phi) is 9.80. The third-order valence-electron chi connectivity index (χ3n) is 1.73. The average Bonchev–Trinajstić information content (AvgIpc) is 2.13. The second kappa shape index (κ2) is 9.92. The average molecular weight is 191 g/mol. The quantitative estimate of drug-likeness (QED) is 0.504. The van der Waals surface area contributed by atoms with E-state index in [2.05, 4.69) is 5.32 Å². The van der Waals surface area contributed by atoms with E-state index in [1.54, 1.807) is 7.11 Å². The van der Waals surface area contributed by atoms with Crippen LogP contribution in [0.5, 0.6) is 0 Å². The van der Waals surface area contributed by atoms with Crippen molar-refractivity contribution in [2.45, 2.75) is 19.4 Å². The Morgan fingerprint density at radius 2 is 2.23 bits per heavy atom. The van der Waals surface area contributed by atoms with Crippen LogP contribution in [0.15, 0.2) is 0 Å². The van der Waals surface area contributed by atoms with Crippen LogP contribution in [0.25, 0.3) is 0 Å². The first kappa shape index (κ1) is 12.8. The monoisotopic (exact) mass is 191 g/mol. The maximum atomic E-state index is 8.74. The maximum absolute atomic E-state index is 8.74. The van der Waals surface area contributed by atoms with Crippen LogP contribution in [0.2, 0.25) is 0 Å². The summed E-state index contributed by atoms with van der Waals surface area (Å²) in [7, 11) is 1.66. The molecule has 0 amide bonds. The molecule has 0 aromatic carbocycles. The lowest BCUT2D eigenvalue weighted by Gasteiger charge is -2.16. The molecule has 0 aromatic heterocycles. The van der Waals surface area contributed by atoms with Crippen LogP contribution in [0, 0.1) is 0 Å². The normalized spacial score (nSPS) is 13.2. The summed E-state index contributed by atoms with van der Waals surface area (Å²) in [6.07, 6.45) is 0.722. The molecule has 1 atom stereocenters. The smallest absolute Gasteiger partial charge is 0.0616 e. The Balaban J connectivity index is 3.33. The molecule has 2 N–H and O–H groups in total. The van der Waals surface area contributed by atoms with Crippen LogP contribution in [-0.4, -0.2) is 51.2 Å². The van der Waals surface area contributed by atoms with Gasteiger partial charge in [0, 0.05) is 32.9 Å². The fourth-order valence-corrected chi connectivity index (χ4v) is 1.08. The summed E-state index contributed by atoms with van der Waals surface area (Å²) in [6.45, 7) is 5.06. The first-order valence-electron chi connectivity index (χ1n) is 4.76. The summed E-state index contributed by atoms with van der Waals surface area (Å²) in [6, 6.07) is 0.232. The highest BCUT2D eigenvalue weighted by molar-refractivity contribution is 4.64. The molecule has 1 unspecified atom stereocenters. The van der Waals surface area contributed by atoms with Crippen molar-refractivity contribution in [1.82, 2.24) is 5.32 Å². The first-order valence-corrected chi connectivity index (χ1v) is 4.76. The van der Waals surface area contributed by atoms with Gasteiger partial charge in [0.15, 0.2) is 0 Å². The molecule has 0 rings (SSSR count). The van der Waals surface area contributed by atoms with E-state index in [1.165, 1.54) is 0 Å². The van der Waals surface area contributed by atoms with Gasteiger partial charge in [0.25, 0.3) is 0 Å². The number of rotatable bonds is 9. The number of ether oxygens (including phenoxy) is 2. The molecule has 0 radical (unpaired) electrons. The van der Waals surface area contributed by atoms with Gasteiger partial charge in [0.1, 0.15) is 0 Å². The van der Waals surface area contributed by atoms with Crippen LogP contribution < -0.4 is 5.32 Å². The summed E-state index contributed by atoms with van der Waals surface area (Å²) < 4.78 is 10.2. The van der Waals surface area contributed by atoms with E-state index in [4.69, 9.17) is 14.6 Å². The number of methoxy groups -OCH3 is 1. The van der Waals surface area contributed by atoms with Crippen molar-refractivity contribution in [2.75, 3.05) is 40.1 Å². The van der Waals surface area contributed by atoms with Crippen molar-refractivity contribution in [3.8, 4) is 0 Å². The number of aliphatic hydroxyl groups is 1. The Bertz CT molecular complexity index is 94.9. The molecular formula is C9H21NO3. The van der Waals surface area contributed by atoms with Gasteiger partial charge in [0.2, 0.25) is 0 Å². The van der Waals surface area contributed by atoms with Crippen molar-refractivity contribution in [2.24, 2.45) is 0 Å². The zero-order valence-electron chi connectivity index (χ0n) is 8.58. The minimum atomic E-state index is 0.190. The predicted octanol–water partition coefficient (Wildman–Crippen LogP) is 0.00990. The molecule has 0 spiro atoms. The Morgan fingerprint density at radius 3 is 2.77 bits per heavy atom. The van der Waals surface area contributed by atoms with Crippen molar-refractivity contribution in [3.63, 3.8) is 0 Å². The molecule has 0 aliphatic carbocycles. The van der Waals surface area contributed by atoms with Gasteiger partial charge in [-0.25, -0.2) is 0 Å². The van der Waals surface area contributed by atoms with E-state index >= 15 is 0 Å². The van der Waals surface area contributed by atoms with Gasteiger partial charge in [-0.2, -0.15) is 0 Å². The molecule has 13 heavy (non-hydrogen) atoms. The highest BCUT2D eigenvalue weighted by Crippen LogP contribution is 1.91. The molecule has 4 heteroatoms. The van der Waals surface area contributed by atoms with Crippen molar-refractivity contribution in [3.05, 3.63) is 0 Å². The minimum Gasteiger partial charge on any atom is -0.396 e. The number of aliphatic hydroxyl groups excluding tert-OH is 1. The summed E-state index contributed by atoms with van der Waals surface area (Å²) in [5, 5.41) is 12.0. The van der Waals surface area contributed by atoms with Gasteiger partial charge in [-0.05, 0) is 13.3 Å². The van der Waals surface area contributed by atoms with E-state index in [-0.39, 0.29) is 12.6 Å². The summed E-state index contributed by atoms with van der Waals surface area (Å²) >= 11 is 0. The lowest BCUT2D eigenvalue weighted by molar-refractivity contribution is 0.124. The fraction of sp³-hybridized carbons (Fsp3) is 1.00. The van der Waals surface area contributed by atoms with Gasteiger partial charge in [-0.3, -0.25) is 0 Å². The van der Waals surface area contributed by atoms with E-state index in [0.29, 0.717) is 13.2 Å². The zero-order valence-corrected chi connectivity index (χ0v) is 8.58. The van der Waals surface area contributed by atoms with Crippen LogP contribution in [0.1, 0.15) is 13.3 Å². The molecule has 80 valence electrons. The molecule has 0 aliphatic heterocycles. The highest BCUT2D eigenvalue weighted by atomic mass is 16.5. The molecule has 4 nitrogen and oxygen atoms in total. The Hall–Kier alpha value is -0.160. The van der Waals surface area contributed by atoms with Crippen LogP contribution in [0.3, 0.4) is 0 Å². The summed E-state index contributed by atoms with van der Waals surface area (Å²) in [5.41, 5.74) is 0. The molecule has 0 saturated carbocycles. The summed E-state index contributed by atoms with van der Waals surface area (Å²) in [5.74, 6) is 0. The maximum Gasteiger partial charge on any atom is 0.0616 e. The van der Waals surface area contributed by atoms with E-state index in [9.17, 15) is 0 Å². The summed E-state index contributed by atoms with van der Waals surface area (Å²) in [4.78, 5) is 0. The third-order valence-corrected chi connectivity index (χ3v) is 1.73. The van der Waals surface area contributed by atoms with Gasteiger partial charge in [-0.15, -0.1) is 0 Å². The van der Waals surface area contributed by atoms with Crippen molar-refractivity contribution >= 4 is 0 Å². The van der Waals surface area contributed by atoms with E-state index < -0.39 is 0 Å². The Labute approximate surface area is 80.2 Å². The van der Waals surface area contributed by atoms with Crippen molar-refractivity contribution in [1.29, 1.82) is 0 Å². The molecule has 0 fully saturated rings. The molecule has 0 heterocycles. The highest BCUT2D eigenvalue weighted by Gasteiger charge is 2.05. The van der Waals surface area contributed by atoms with E-state index in [0.717, 1.165) is 19.6 Å². The SMILES string of the molecule is CCOCCNC(CCO)COC. The zero-order chi connectivity index (χ0) is 9.94. The number of hydrogen-bond acceptors (Lipinski definition) is 4. The van der Waals surface area contributed by atoms with E-state index in [1.807, 2.05) is 6.92 Å². The predicted molar refractivity (Wildman–Crippen MR) is 51.9 cm³/mol.